The van der Waals surface area contributed by atoms with Gasteiger partial charge in [-0.05, 0) is 55.5 Å². The van der Waals surface area contributed by atoms with Crippen molar-refractivity contribution in [1.29, 1.82) is 0 Å². The summed E-state index contributed by atoms with van der Waals surface area (Å²) in [5, 5.41) is 19.6. The number of nitrogens with zero attached hydrogens (tertiary/aromatic N) is 7. The highest BCUT2D eigenvalue weighted by atomic mass is 35.5. The zero-order valence-electron chi connectivity index (χ0n) is 15.5. The van der Waals surface area contributed by atoms with E-state index in [0.717, 1.165) is 16.8 Å². The average molecular weight is 397 g/mol. The van der Waals surface area contributed by atoms with E-state index in [-0.39, 0.29) is 5.91 Å². The number of aryl methyl sites for hydroxylation is 3. The van der Waals surface area contributed by atoms with E-state index >= 15 is 0 Å². The number of halogens is 1. The summed E-state index contributed by atoms with van der Waals surface area (Å²) in [6.45, 7) is 6.37. The first-order valence-corrected chi connectivity index (χ1v) is 9.04. The number of anilines is 1. The van der Waals surface area contributed by atoms with Crippen molar-refractivity contribution in [3.63, 3.8) is 0 Å². The average Bonchev–Trinajstić information content (AvgIpc) is 3.31. The number of carbonyl (C=O) groups excluding carboxylic acids is 1. The minimum atomic E-state index is -0.287. The molecule has 0 unspecified atom stereocenters. The highest BCUT2D eigenvalue weighted by Gasteiger charge is 2.19. The van der Waals surface area contributed by atoms with E-state index in [1.807, 2.05) is 20.8 Å². The predicted molar refractivity (Wildman–Crippen MR) is 105 cm³/mol. The van der Waals surface area contributed by atoms with Gasteiger partial charge in [-0.3, -0.25) is 4.79 Å². The fraction of sp³-hybridized carbons (Fsp3) is 0.222. The quantitative estimate of drug-likeness (QED) is 0.568. The normalized spacial score (nSPS) is 11.1. The number of aromatic nitrogens is 7. The molecule has 0 atom stereocenters. The van der Waals surface area contributed by atoms with Gasteiger partial charge in [-0.25, -0.2) is 14.3 Å². The molecule has 0 radical (unpaired) electrons. The third kappa shape index (κ3) is 3.09. The van der Waals surface area contributed by atoms with Crippen LogP contribution in [0.5, 0.6) is 0 Å². The number of hydrogen-bond acceptors (Lipinski definition) is 6. The maximum Gasteiger partial charge on any atom is 0.256 e. The maximum absolute atomic E-state index is 13.1. The van der Waals surface area contributed by atoms with Gasteiger partial charge in [-0.15, -0.1) is 5.10 Å². The summed E-state index contributed by atoms with van der Waals surface area (Å²) in [6, 6.07) is 6.91. The van der Waals surface area contributed by atoms with Gasteiger partial charge in [0.25, 0.3) is 5.91 Å². The summed E-state index contributed by atoms with van der Waals surface area (Å²) in [4.78, 5) is 17.7. The number of amides is 1. The lowest BCUT2D eigenvalue weighted by molar-refractivity contribution is 0.102. The van der Waals surface area contributed by atoms with Crippen LogP contribution in [0.1, 0.15) is 28.7 Å². The fourth-order valence-electron chi connectivity index (χ4n) is 3.10. The van der Waals surface area contributed by atoms with Crippen LogP contribution in [0.4, 0.5) is 5.69 Å². The van der Waals surface area contributed by atoms with Gasteiger partial charge < -0.3 is 5.32 Å². The van der Waals surface area contributed by atoms with E-state index < -0.39 is 0 Å². The van der Waals surface area contributed by atoms with Gasteiger partial charge in [0.05, 0.1) is 33.0 Å². The molecule has 0 fully saturated rings. The molecule has 0 bridgehead atoms. The first-order chi connectivity index (χ1) is 13.5. The molecule has 0 aliphatic rings. The van der Waals surface area contributed by atoms with Crippen molar-refractivity contribution in [2.24, 2.45) is 0 Å². The molecule has 0 saturated heterocycles. The standard InChI is InChI=1S/C18H17ClN8O/c1-4-26-17-16(11(3)23-26)13(7-10(2)21-17)18(28)22-15-8-12(5-6-14(15)19)27-9-20-24-25-27/h5-9H,4H2,1-3H3,(H,22,28). The van der Waals surface area contributed by atoms with Crippen LogP contribution in [0.3, 0.4) is 0 Å². The second-order valence-corrected chi connectivity index (χ2v) is 6.69. The second-order valence-electron chi connectivity index (χ2n) is 6.28. The van der Waals surface area contributed by atoms with Crippen LogP contribution < -0.4 is 5.32 Å². The van der Waals surface area contributed by atoms with Crippen molar-refractivity contribution >= 4 is 34.2 Å². The van der Waals surface area contributed by atoms with Crippen molar-refractivity contribution in [3.05, 3.63) is 52.6 Å². The molecule has 1 amide bonds. The van der Waals surface area contributed by atoms with E-state index in [1.165, 1.54) is 11.0 Å². The SMILES string of the molecule is CCn1nc(C)c2c(C(=O)Nc3cc(-n4cnnn4)ccc3Cl)cc(C)nc21. The van der Waals surface area contributed by atoms with Crippen LogP contribution in [-0.4, -0.2) is 40.9 Å². The topological polar surface area (TPSA) is 103 Å². The van der Waals surface area contributed by atoms with Crippen molar-refractivity contribution < 1.29 is 4.79 Å². The van der Waals surface area contributed by atoms with Gasteiger partial charge in [0.2, 0.25) is 0 Å². The molecule has 4 aromatic rings. The van der Waals surface area contributed by atoms with Gasteiger partial charge in [-0.2, -0.15) is 5.10 Å². The molecular weight excluding hydrogens is 380 g/mol. The number of hydrogen-bond donors (Lipinski definition) is 1. The highest BCUT2D eigenvalue weighted by molar-refractivity contribution is 6.34. The first kappa shape index (κ1) is 18.1. The zero-order valence-corrected chi connectivity index (χ0v) is 16.3. The van der Waals surface area contributed by atoms with E-state index in [2.05, 4.69) is 30.9 Å². The van der Waals surface area contributed by atoms with Crippen molar-refractivity contribution in [2.75, 3.05) is 5.32 Å². The number of carbonyl (C=O) groups is 1. The Morgan fingerprint density at radius 3 is 2.79 bits per heavy atom. The lowest BCUT2D eigenvalue weighted by atomic mass is 10.1. The second kappa shape index (κ2) is 7.01. The molecule has 10 heteroatoms. The predicted octanol–water partition coefficient (Wildman–Crippen LogP) is 2.95. The molecule has 0 aliphatic carbocycles. The summed E-state index contributed by atoms with van der Waals surface area (Å²) >= 11 is 6.29. The van der Waals surface area contributed by atoms with Crippen molar-refractivity contribution in [2.45, 2.75) is 27.3 Å². The Hall–Kier alpha value is -3.33. The summed E-state index contributed by atoms with van der Waals surface area (Å²) in [6.07, 6.45) is 1.47. The highest BCUT2D eigenvalue weighted by Crippen LogP contribution is 2.27. The molecule has 1 N–H and O–H groups in total. The maximum atomic E-state index is 13.1. The summed E-state index contributed by atoms with van der Waals surface area (Å²) in [5.74, 6) is -0.287. The lowest BCUT2D eigenvalue weighted by Crippen LogP contribution is -2.14. The largest absolute Gasteiger partial charge is 0.321 e. The number of benzene rings is 1. The van der Waals surface area contributed by atoms with E-state index in [0.29, 0.717) is 34.2 Å². The van der Waals surface area contributed by atoms with Crippen LogP contribution in [0, 0.1) is 13.8 Å². The molecule has 0 aliphatic heterocycles. The number of nitrogens with one attached hydrogen (secondary N) is 1. The molecule has 9 nitrogen and oxygen atoms in total. The molecule has 3 heterocycles. The molecule has 142 valence electrons. The minimum Gasteiger partial charge on any atom is -0.321 e. The zero-order chi connectivity index (χ0) is 19.8. The Kier molecular flexibility index (Phi) is 4.52. The number of tetrazole rings is 1. The van der Waals surface area contributed by atoms with Gasteiger partial charge in [0.15, 0.2) is 5.65 Å². The molecule has 4 rings (SSSR count). The van der Waals surface area contributed by atoms with Crippen LogP contribution in [0.2, 0.25) is 5.02 Å². The third-order valence-electron chi connectivity index (χ3n) is 4.36. The van der Waals surface area contributed by atoms with Gasteiger partial charge in [0.1, 0.15) is 6.33 Å². The Morgan fingerprint density at radius 1 is 1.25 bits per heavy atom. The van der Waals surface area contributed by atoms with Gasteiger partial charge in [0, 0.05) is 12.2 Å². The van der Waals surface area contributed by atoms with Crippen LogP contribution in [0.25, 0.3) is 16.7 Å². The van der Waals surface area contributed by atoms with Crippen LogP contribution >= 0.6 is 11.6 Å². The minimum absolute atomic E-state index is 0.287. The van der Waals surface area contributed by atoms with E-state index in [1.54, 1.807) is 28.9 Å². The van der Waals surface area contributed by atoms with E-state index in [4.69, 9.17) is 11.6 Å². The lowest BCUT2D eigenvalue weighted by Gasteiger charge is -2.11. The summed E-state index contributed by atoms with van der Waals surface area (Å²) < 4.78 is 3.27. The Bertz CT molecular complexity index is 1180. The van der Waals surface area contributed by atoms with E-state index in [9.17, 15) is 4.79 Å². The summed E-state index contributed by atoms with van der Waals surface area (Å²) in [7, 11) is 0. The Labute approximate surface area is 165 Å². The molecule has 3 aromatic heterocycles. The number of rotatable bonds is 4. The smallest absolute Gasteiger partial charge is 0.256 e. The summed E-state index contributed by atoms with van der Waals surface area (Å²) in [5.41, 5.74) is 3.82. The monoisotopic (exact) mass is 396 g/mol. The number of pyridine rings is 1. The van der Waals surface area contributed by atoms with Crippen molar-refractivity contribution in [1.82, 2.24) is 35.0 Å². The Balaban J connectivity index is 1.76. The van der Waals surface area contributed by atoms with Crippen LogP contribution in [0.15, 0.2) is 30.6 Å². The van der Waals surface area contributed by atoms with Gasteiger partial charge >= 0.3 is 0 Å². The molecule has 28 heavy (non-hydrogen) atoms. The number of fused-ring (bicyclic) bond motifs is 1. The van der Waals surface area contributed by atoms with Crippen LogP contribution in [-0.2, 0) is 6.54 Å². The van der Waals surface area contributed by atoms with Crippen molar-refractivity contribution in [3.8, 4) is 5.69 Å². The fourth-order valence-corrected chi connectivity index (χ4v) is 3.26. The first-order valence-electron chi connectivity index (χ1n) is 8.67. The molecule has 0 spiro atoms. The van der Waals surface area contributed by atoms with Gasteiger partial charge in [-0.1, -0.05) is 11.6 Å². The Morgan fingerprint density at radius 2 is 2.07 bits per heavy atom. The molecular formula is C18H17ClN8O. The molecule has 1 aromatic carbocycles. The molecule has 0 saturated carbocycles. The third-order valence-corrected chi connectivity index (χ3v) is 4.69.